The van der Waals surface area contributed by atoms with E-state index >= 15 is 0 Å². The van der Waals surface area contributed by atoms with E-state index in [0.29, 0.717) is 49.0 Å². The Labute approximate surface area is 240 Å². The van der Waals surface area contributed by atoms with Crippen molar-refractivity contribution in [2.24, 2.45) is 0 Å². The molecule has 41 heavy (non-hydrogen) atoms. The summed E-state index contributed by atoms with van der Waals surface area (Å²) in [6.45, 7) is 2.94. The molecule has 6 rings (SSSR count). The Morgan fingerprint density at radius 3 is 2.37 bits per heavy atom. The monoisotopic (exact) mass is 569 g/mol. The molecular formula is C31H25ClFN5O3. The van der Waals surface area contributed by atoms with E-state index in [9.17, 15) is 19.3 Å². The molecule has 10 heteroatoms. The third kappa shape index (κ3) is 5.41. The van der Waals surface area contributed by atoms with E-state index in [1.807, 2.05) is 33.7 Å². The molecule has 0 saturated carbocycles. The molecule has 5 aromatic rings. The third-order valence-electron chi connectivity index (χ3n) is 7.36. The van der Waals surface area contributed by atoms with E-state index in [1.165, 1.54) is 18.2 Å². The van der Waals surface area contributed by atoms with Gasteiger partial charge in [-0.1, -0.05) is 35.9 Å². The number of nitro benzene ring substituents is 1. The van der Waals surface area contributed by atoms with Crippen molar-refractivity contribution in [1.82, 2.24) is 19.2 Å². The quantitative estimate of drug-likeness (QED) is 0.176. The molecule has 3 aromatic carbocycles. The van der Waals surface area contributed by atoms with Crippen molar-refractivity contribution in [2.75, 3.05) is 26.2 Å². The van der Waals surface area contributed by atoms with Gasteiger partial charge in [-0.05, 0) is 59.7 Å². The number of aromatic nitrogens is 2. The fourth-order valence-electron chi connectivity index (χ4n) is 5.18. The van der Waals surface area contributed by atoms with Crippen LogP contribution in [0, 0.1) is 15.9 Å². The maximum absolute atomic E-state index is 13.7. The van der Waals surface area contributed by atoms with Crippen LogP contribution in [-0.4, -0.2) is 56.2 Å². The van der Waals surface area contributed by atoms with E-state index < -0.39 is 4.92 Å². The van der Waals surface area contributed by atoms with E-state index in [4.69, 9.17) is 16.6 Å². The summed E-state index contributed by atoms with van der Waals surface area (Å²) in [5.74, 6) is -0.412. The number of benzene rings is 3. The lowest BCUT2D eigenvalue weighted by atomic mass is 10.1. The highest BCUT2D eigenvalue weighted by atomic mass is 35.5. The second kappa shape index (κ2) is 11.1. The second-order valence-corrected chi connectivity index (χ2v) is 10.3. The number of hydrogen-bond donors (Lipinski definition) is 0. The van der Waals surface area contributed by atoms with Gasteiger partial charge in [0.05, 0.1) is 26.9 Å². The van der Waals surface area contributed by atoms with E-state index in [1.54, 1.807) is 48.5 Å². The number of carbonyl (C=O) groups excluding carboxylic acids is 1. The summed E-state index contributed by atoms with van der Waals surface area (Å²) in [6, 6.07) is 23.6. The first-order valence-electron chi connectivity index (χ1n) is 13.2. The largest absolute Gasteiger partial charge is 0.336 e. The minimum Gasteiger partial charge on any atom is -0.336 e. The number of non-ortho nitro benzene ring substituents is 1. The standard InChI is InChI=1S/C31H25ClFN5O3/c32-27-7-2-1-6-26(27)31(39)36-16-14-35(15-17-36)20-28-30(21-8-11-24(33)12-9-21)34-29-13-10-23(19-37(28)29)22-4-3-5-25(18-22)38(40)41/h1-13,18-19H,14-17,20H2. The summed E-state index contributed by atoms with van der Waals surface area (Å²) in [5, 5.41) is 11.8. The van der Waals surface area contributed by atoms with Crippen molar-refractivity contribution in [2.45, 2.75) is 6.54 Å². The molecule has 1 saturated heterocycles. The predicted molar refractivity (Wildman–Crippen MR) is 155 cm³/mol. The summed E-state index contributed by atoms with van der Waals surface area (Å²) < 4.78 is 15.7. The van der Waals surface area contributed by atoms with E-state index in [-0.39, 0.29) is 17.4 Å². The molecule has 1 fully saturated rings. The average molecular weight is 570 g/mol. The zero-order valence-corrected chi connectivity index (χ0v) is 22.7. The molecule has 0 atom stereocenters. The SMILES string of the molecule is O=C(c1ccccc1Cl)N1CCN(Cc2c(-c3ccc(F)cc3)nc3ccc(-c4cccc([N+](=O)[O-])c4)cn23)CC1. The molecule has 2 aromatic heterocycles. The first-order chi connectivity index (χ1) is 19.9. The van der Waals surface area contributed by atoms with Gasteiger partial charge >= 0.3 is 0 Å². The molecule has 0 aliphatic carbocycles. The van der Waals surface area contributed by atoms with Crippen molar-refractivity contribution in [3.8, 4) is 22.4 Å². The summed E-state index contributed by atoms with van der Waals surface area (Å²) >= 11 is 6.26. The Hall–Kier alpha value is -4.60. The van der Waals surface area contributed by atoms with Crippen LogP contribution in [0.25, 0.3) is 28.0 Å². The smallest absolute Gasteiger partial charge is 0.270 e. The highest BCUT2D eigenvalue weighted by Gasteiger charge is 2.25. The van der Waals surface area contributed by atoms with Gasteiger partial charge in [-0.25, -0.2) is 9.37 Å². The van der Waals surface area contributed by atoms with Gasteiger partial charge in [0.25, 0.3) is 11.6 Å². The second-order valence-electron chi connectivity index (χ2n) is 9.92. The number of halogens is 2. The van der Waals surface area contributed by atoms with Gasteiger partial charge in [-0.3, -0.25) is 19.8 Å². The molecule has 0 bridgehead atoms. The molecule has 1 aliphatic heterocycles. The Morgan fingerprint density at radius 1 is 0.902 bits per heavy atom. The lowest BCUT2D eigenvalue weighted by molar-refractivity contribution is -0.384. The van der Waals surface area contributed by atoms with Gasteiger partial charge < -0.3 is 9.30 Å². The number of fused-ring (bicyclic) bond motifs is 1. The Bertz CT molecular complexity index is 1760. The van der Waals surface area contributed by atoms with Crippen LogP contribution in [0.2, 0.25) is 5.02 Å². The number of amides is 1. The van der Waals surface area contributed by atoms with Gasteiger partial charge in [0.15, 0.2) is 0 Å². The molecule has 1 aliphatic rings. The molecule has 8 nitrogen and oxygen atoms in total. The fraction of sp³-hybridized carbons (Fsp3) is 0.161. The molecule has 0 unspecified atom stereocenters. The van der Waals surface area contributed by atoms with Crippen LogP contribution in [0.4, 0.5) is 10.1 Å². The fourth-order valence-corrected chi connectivity index (χ4v) is 5.40. The number of piperazine rings is 1. The van der Waals surface area contributed by atoms with Crippen LogP contribution in [0.3, 0.4) is 0 Å². The normalized spacial score (nSPS) is 14.0. The van der Waals surface area contributed by atoms with Crippen LogP contribution in [0.1, 0.15) is 16.1 Å². The van der Waals surface area contributed by atoms with Crippen LogP contribution < -0.4 is 0 Å². The zero-order valence-electron chi connectivity index (χ0n) is 21.9. The number of nitro groups is 1. The van der Waals surface area contributed by atoms with E-state index in [2.05, 4.69) is 4.90 Å². The number of imidazole rings is 1. The summed E-state index contributed by atoms with van der Waals surface area (Å²) in [4.78, 5) is 32.9. The lowest BCUT2D eigenvalue weighted by Crippen LogP contribution is -2.48. The van der Waals surface area contributed by atoms with Gasteiger partial charge in [-0.2, -0.15) is 0 Å². The summed E-state index contributed by atoms with van der Waals surface area (Å²) in [5.41, 5.74) is 5.17. The molecule has 206 valence electrons. The average Bonchev–Trinajstić information content (AvgIpc) is 3.35. The molecule has 1 amide bonds. The van der Waals surface area contributed by atoms with Gasteiger partial charge in [0, 0.05) is 56.6 Å². The van der Waals surface area contributed by atoms with Crippen molar-refractivity contribution >= 4 is 28.8 Å². The summed E-state index contributed by atoms with van der Waals surface area (Å²) in [7, 11) is 0. The van der Waals surface area contributed by atoms with Gasteiger partial charge in [0.1, 0.15) is 11.5 Å². The van der Waals surface area contributed by atoms with Crippen molar-refractivity contribution in [1.29, 1.82) is 0 Å². The van der Waals surface area contributed by atoms with Crippen LogP contribution in [-0.2, 0) is 6.54 Å². The Kier molecular flexibility index (Phi) is 7.21. The van der Waals surface area contributed by atoms with Crippen molar-refractivity contribution in [3.05, 3.63) is 123 Å². The van der Waals surface area contributed by atoms with Gasteiger partial charge in [0.2, 0.25) is 0 Å². The zero-order chi connectivity index (χ0) is 28.5. The van der Waals surface area contributed by atoms with Crippen molar-refractivity contribution in [3.63, 3.8) is 0 Å². The molecule has 0 N–H and O–H groups in total. The van der Waals surface area contributed by atoms with Crippen molar-refractivity contribution < 1.29 is 14.1 Å². The molecule has 0 radical (unpaired) electrons. The minimum absolute atomic E-state index is 0.0182. The number of rotatable bonds is 6. The highest BCUT2D eigenvalue weighted by Crippen LogP contribution is 2.30. The summed E-state index contributed by atoms with van der Waals surface area (Å²) in [6.07, 6.45) is 1.93. The Morgan fingerprint density at radius 2 is 1.63 bits per heavy atom. The number of carbonyl (C=O) groups is 1. The number of hydrogen-bond acceptors (Lipinski definition) is 5. The maximum atomic E-state index is 13.7. The van der Waals surface area contributed by atoms with Crippen LogP contribution in [0.15, 0.2) is 91.1 Å². The van der Waals surface area contributed by atoms with Gasteiger partial charge in [-0.15, -0.1) is 0 Å². The minimum atomic E-state index is -0.409. The topological polar surface area (TPSA) is 84.0 Å². The number of nitrogens with zero attached hydrogens (tertiary/aromatic N) is 5. The molecule has 3 heterocycles. The maximum Gasteiger partial charge on any atom is 0.270 e. The highest BCUT2D eigenvalue weighted by molar-refractivity contribution is 6.33. The third-order valence-corrected chi connectivity index (χ3v) is 7.69. The first kappa shape index (κ1) is 26.6. The lowest BCUT2D eigenvalue weighted by Gasteiger charge is -2.35. The van der Waals surface area contributed by atoms with Crippen LogP contribution >= 0.6 is 11.6 Å². The molecule has 0 spiro atoms. The Balaban J connectivity index is 1.32. The van der Waals surface area contributed by atoms with E-state index in [0.717, 1.165) is 28.1 Å². The molecular weight excluding hydrogens is 545 g/mol. The first-order valence-corrected chi connectivity index (χ1v) is 13.5. The predicted octanol–water partition coefficient (Wildman–Crippen LogP) is 6.33. The number of pyridine rings is 1. The van der Waals surface area contributed by atoms with Crippen LogP contribution in [0.5, 0.6) is 0 Å².